The summed E-state index contributed by atoms with van der Waals surface area (Å²) in [7, 11) is 0. The quantitative estimate of drug-likeness (QED) is 0.288. The molecular weight excluding hydrogens is 481 g/mol. The van der Waals surface area contributed by atoms with E-state index in [9.17, 15) is 4.79 Å². The van der Waals surface area contributed by atoms with Crippen molar-refractivity contribution in [1.29, 1.82) is 0 Å². The number of primary amides is 1. The zero-order valence-electron chi connectivity index (χ0n) is 16.8. The maximum absolute atomic E-state index is 11.1. The van der Waals surface area contributed by atoms with Gasteiger partial charge in [0.25, 0.3) is 5.91 Å². The lowest BCUT2D eigenvalue weighted by atomic mass is 10.2. The zero-order chi connectivity index (χ0) is 19.8. The fourth-order valence-corrected chi connectivity index (χ4v) is 3.46. The Kier molecular flexibility index (Phi) is 9.46. The van der Waals surface area contributed by atoms with Gasteiger partial charge in [0, 0.05) is 25.7 Å². The van der Waals surface area contributed by atoms with Crippen molar-refractivity contribution in [1.82, 2.24) is 15.5 Å². The maximum atomic E-state index is 11.1. The molecule has 0 spiro atoms. The number of hydrogen-bond donors (Lipinski definition) is 3. The summed E-state index contributed by atoms with van der Waals surface area (Å²) in [5.74, 6) is 0.939. The van der Waals surface area contributed by atoms with Crippen LogP contribution >= 0.6 is 24.0 Å². The third-order valence-electron chi connectivity index (χ3n) is 4.87. The molecule has 1 saturated heterocycles. The van der Waals surface area contributed by atoms with Crippen molar-refractivity contribution in [3.05, 3.63) is 59.5 Å². The van der Waals surface area contributed by atoms with Gasteiger partial charge in [-0.3, -0.25) is 9.69 Å². The minimum atomic E-state index is -0.569. The Hall–Kier alpha value is -2.07. The van der Waals surface area contributed by atoms with Gasteiger partial charge in [-0.2, -0.15) is 0 Å². The lowest BCUT2D eigenvalue weighted by molar-refractivity contribution is 0.0972. The minimum absolute atomic E-state index is 0. The predicted molar refractivity (Wildman–Crippen MR) is 125 cm³/mol. The molecule has 2 heterocycles. The second kappa shape index (κ2) is 11.8. The Labute approximate surface area is 189 Å². The number of rotatable bonds is 8. The van der Waals surface area contributed by atoms with E-state index < -0.39 is 5.91 Å². The Morgan fingerprint density at radius 3 is 2.72 bits per heavy atom. The van der Waals surface area contributed by atoms with Gasteiger partial charge < -0.3 is 20.8 Å². The van der Waals surface area contributed by atoms with Crippen LogP contribution in [0.4, 0.5) is 0 Å². The molecule has 1 fully saturated rings. The molecule has 1 aromatic carbocycles. The van der Waals surface area contributed by atoms with Crippen molar-refractivity contribution in [2.75, 3.05) is 19.6 Å². The van der Waals surface area contributed by atoms with E-state index in [1.807, 2.05) is 6.92 Å². The first-order valence-electron chi connectivity index (χ1n) is 9.84. The van der Waals surface area contributed by atoms with E-state index in [4.69, 9.17) is 10.2 Å². The van der Waals surface area contributed by atoms with E-state index in [1.54, 1.807) is 12.1 Å². The smallest absolute Gasteiger partial charge is 0.284 e. The predicted octanol–water partition coefficient (Wildman–Crippen LogP) is 2.72. The van der Waals surface area contributed by atoms with Crippen molar-refractivity contribution >= 4 is 35.8 Å². The normalized spacial score (nSPS) is 17.0. The van der Waals surface area contributed by atoms with Crippen LogP contribution in [-0.4, -0.2) is 42.4 Å². The molecule has 3 rings (SSSR count). The molecule has 1 aliphatic rings. The molecule has 0 bridgehead atoms. The molecule has 0 radical (unpaired) electrons. The topological polar surface area (TPSA) is 95.9 Å². The molecule has 1 aliphatic heterocycles. The zero-order valence-corrected chi connectivity index (χ0v) is 19.1. The van der Waals surface area contributed by atoms with E-state index in [1.165, 1.54) is 18.4 Å². The number of halogens is 1. The van der Waals surface area contributed by atoms with Gasteiger partial charge in [-0.05, 0) is 44.0 Å². The second-order valence-corrected chi connectivity index (χ2v) is 6.96. The van der Waals surface area contributed by atoms with Crippen molar-refractivity contribution in [3.8, 4) is 0 Å². The molecule has 1 atom stereocenters. The third kappa shape index (κ3) is 7.04. The summed E-state index contributed by atoms with van der Waals surface area (Å²) in [6.07, 6.45) is 2.40. The first kappa shape index (κ1) is 23.2. The number of nitrogens with one attached hydrogen (secondary N) is 2. The van der Waals surface area contributed by atoms with Crippen LogP contribution in [0, 0.1) is 0 Å². The molecule has 2 aromatic rings. The minimum Gasteiger partial charge on any atom is -0.454 e. The molecule has 8 heteroatoms. The van der Waals surface area contributed by atoms with Gasteiger partial charge in [-0.15, -0.1) is 24.0 Å². The SMILES string of the molecule is CCNC(=NCc1ccc(C(N)=O)o1)NCC1CCCN1Cc1ccccc1.I. The van der Waals surface area contributed by atoms with Crippen molar-refractivity contribution in [2.24, 2.45) is 10.7 Å². The number of nitrogens with two attached hydrogens (primary N) is 1. The molecule has 158 valence electrons. The van der Waals surface area contributed by atoms with Gasteiger partial charge in [0.05, 0.1) is 0 Å². The highest BCUT2D eigenvalue weighted by atomic mass is 127. The molecule has 29 heavy (non-hydrogen) atoms. The van der Waals surface area contributed by atoms with Gasteiger partial charge in [0.1, 0.15) is 12.3 Å². The Morgan fingerprint density at radius 2 is 2.03 bits per heavy atom. The van der Waals surface area contributed by atoms with Crippen molar-refractivity contribution in [2.45, 2.75) is 38.9 Å². The Bertz CT molecular complexity index is 793. The highest BCUT2D eigenvalue weighted by molar-refractivity contribution is 14.0. The van der Waals surface area contributed by atoms with Gasteiger partial charge in [-0.25, -0.2) is 4.99 Å². The van der Waals surface area contributed by atoms with Crippen molar-refractivity contribution in [3.63, 3.8) is 0 Å². The fourth-order valence-electron chi connectivity index (χ4n) is 3.46. The molecular formula is C21H30IN5O2. The van der Waals surface area contributed by atoms with Crippen LogP contribution in [0.1, 0.15) is 41.6 Å². The van der Waals surface area contributed by atoms with Crippen LogP contribution in [0.2, 0.25) is 0 Å². The van der Waals surface area contributed by atoms with Crippen molar-refractivity contribution < 1.29 is 9.21 Å². The summed E-state index contributed by atoms with van der Waals surface area (Å²) in [4.78, 5) is 18.2. The maximum Gasteiger partial charge on any atom is 0.284 e. The number of hydrogen-bond acceptors (Lipinski definition) is 4. The lowest BCUT2D eigenvalue weighted by Crippen LogP contribution is -2.44. The van der Waals surface area contributed by atoms with Crippen LogP contribution in [0.15, 0.2) is 51.9 Å². The van der Waals surface area contributed by atoms with E-state index >= 15 is 0 Å². The van der Waals surface area contributed by atoms with Crippen LogP contribution in [-0.2, 0) is 13.1 Å². The monoisotopic (exact) mass is 511 g/mol. The molecule has 0 saturated carbocycles. The fraction of sp³-hybridized carbons (Fsp3) is 0.429. The van der Waals surface area contributed by atoms with E-state index in [0.29, 0.717) is 18.3 Å². The highest BCUT2D eigenvalue weighted by Gasteiger charge is 2.24. The van der Waals surface area contributed by atoms with Gasteiger partial charge in [-0.1, -0.05) is 30.3 Å². The summed E-state index contributed by atoms with van der Waals surface area (Å²) >= 11 is 0. The molecule has 1 unspecified atom stereocenters. The van der Waals surface area contributed by atoms with Gasteiger partial charge in [0.2, 0.25) is 0 Å². The van der Waals surface area contributed by atoms with Gasteiger partial charge in [0.15, 0.2) is 11.7 Å². The van der Waals surface area contributed by atoms with Crippen LogP contribution in [0.5, 0.6) is 0 Å². The number of likely N-dealkylation sites (tertiary alicyclic amines) is 1. The summed E-state index contributed by atoms with van der Waals surface area (Å²) in [6.45, 7) is 6.09. The summed E-state index contributed by atoms with van der Waals surface area (Å²) < 4.78 is 5.39. The molecule has 1 amide bonds. The van der Waals surface area contributed by atoms with E-state index in [0.717, 1.165) is 32.1 Å². The summed E-state index contributed by atoms with van der Waals surface area (Å²) in [5.41, 5.74) is 6.56. The highest BCUT2D eigenvalue weighted by Crippen LogP contribution is 2.19. The molecule has 7 nitrogen and oxygen atoms in total. The van der Waals surface area contributed by atoms with Gasteiger partial charge >= 0.3 is 0 Å². The average Bonchev–Trinajstić information content (AvgIpc) is 3.34. The van der Waals surface area contributed by atoms with Crippen LogP contribution < -0.4 is 16.4 Å². The number of carbonyl (C=O) groups excluding carboxylic acids is 1. The number of amides is 1. The van der Waals surface area contributed by atoms with E-state index in [2.05, 4.69) is 50.9 Å². The number of guanidine groups is 1. The second-order valence-electron chi connectivity index (χ2n) is 6.96. The summed E-state index contributed by atoms with van der Waals surface area (Å²) in [5, 5.41) is 6.70. The standard InChI is InChI=1S/C21H29N5O2.HI/c1-2-23-21(25-14-18-10-11-19(28-18)20(22)27)24-13-17-9-6-12-26(17)15-16-7-4-3-5-8-16;/h3-5,7-8,10-11,17H,2,6,9,12-15H2,1H3,(H2,22,27)(H2,23,24,25);1H. The number of benzene rings is 1. The number of aliphatic imine (C=N–C) groups is 1. The summed E-state index contributed by atoms with van der Waals surface area (Å²) in [6, 6.07) is 14.4. The first-order chi connectivity index (χ1) is 13.7. The first-order valence-corrected chi connectivity index (χ1v) is 9.84. The van der Waals surface area contributed by atoms with E-state index in [-0.39, 0.29) is 29.7 Å². The number of nitrogens with zero attached hydrogens (tertiary/aromatic N) is 2. The number of furan rings is 1. The number of carbonyl (C=O) groups is 1. The Balaban J connectivity index is 0.00000300. The third-order valence-corrected chi connectivity index (χ3v) is 4.87. The molecule has 4 N–H and O–H groups in total. The van der Waals surface area contributed by atoms with Crippen LogP contribution in [0.3, 0.4) is 0 Å². The molecule has 0 aliphatic carbocycles. The Morgan fingerprint density at radius 1 is 1.24 bits per heavy atom. The van der Waals surface area contributed by atoms with Crippen LogP contribution in [0.25, 0.3) is 0 Å². The molecule has 1 aromatic heterocycles. The lowest BCUT2D eigenvalue weighted by Gasteiger charge is -2.25. The largest absolute Gasteiger partial charge is 0.454 e. The average molecular weight is 511 g/mol.